The maximum atomic E-state index is 13.3. The molecule has 0 spiro atoms. The molecule has 2 amide bonds. The number of rotatable bonds is 5. The Morgan fingerprint density at radius 3 is 2.49 bits per heavy atom. The number of aromatic nitrogens is 2. The second-order valence-corrected chi connectivity index (χ2v) is 8.62. The van der Waals surface area contributed by atoms with Crippen LogP contribution in [0, 0.1) is 11.3 Å². The van der Waals surface area contributed by atoms with Crippen molar-refractivity contribution >= 4 is 23.2 Å². The van der Waals surface area contributed by atoms with E-state index in [0.717, 1.165) is 5.56 Å². The third-order valence-electron chi connectivity index (χ3n) is 6.41. The zero-order chi connectivity index (χ0) is 26.7. The lowest BCUT2D eigenvalue weighted by molar-refractivity contribution is -0.0867. The molecular weight excluding hydrogens is 480 g/mol. The lowest BCUT2D eigenvalue weighted by atomic mass is 9.77. The summed E-state index contributed by atoms with van der Waals surface area (Å²) < 4.78 is 33.0. The Morgan fingerprint density at radius 1 is 1.16 bits per heavy atom. The van der Waals surface area contributed by atoms with Crippen molar-refractivity contribution in [3.63, 3.8) is 0 Å². The summed E-state index contributed by atoms with van der Waals surface area (Å²) in [4.78, 5) is 27.9. The summed E-state index contributed by atoms with van der Waals surface area (Å²) >= 11 is 0. The van der Waals surface area contributed by atoms with Crippen LogP contribution in [0.2, 0.25) is 0 Å². The van der Waals surface area contributed by atoms with Gasteiger partial charge in [0.1, 0.15) is 17.5 Å². The molecule has 37 heavy (non-hydrogen) atoms. The summed E-state index contributed by atoms with van der Waals surface area (Å²) in [5.41, 5.74) is 2.36. The highest BCUT2D eigenvalue weighted by Gasteiger charge is 2.45. The summed E-state index contributed by atoms with van der Waals surface area (Å²) in [6.45, 7) is 4.76. The predicted molar refractivity (Wildman–Crippen MR) is 134 cm³/mol. The Kier molecular flexibility index (Phi) is 7.25. The number of ether oxygens (including phenoxy) is 1. The molecule has 0 unspecified atom stereocenters. The largest absolute Gasteiger partial charge is 0.495 e. The molecular formula is C27H27F2N5O3. The summed E-state index contributed by atoms with van der Waals surface area (Å²) in [6.07, 6.45) is 1.04. The van der Waals surface area contributed by atoms with E-state index in [0.29, 0.717) is 30.2 Å². The van der Waals surface area contributed by atoms with Crippen LogP contribution in [-0.4, -0.2) is 41.2 Å². The minimum absolute atomic E-state index is 0.113. The molecule has 1 fully saturated rings. The van der Waals surface area contributed by atoms with E-state index in [-0.39, 0.29) is 41.5 Å². The fraction of sp³-hybridized carbons (Fsp3) is 0.333. The van der Waals surface area contributed by atoms with Crippen LogP contribution in [0.15, 0.2) is 48.7 Å². The average Bonchev–Trinajstić information content (AvgIpc) is 3.34. The number of nitrogens with one attached hydrogen (secondary N) is 1. The molecule has 192 valence electrons. The second kappa shape index (κ2) is 10.4. The molecule has 2 aliphatic rings. The smallest absolute Gasteiger partial charge is 0.277 e. The molecule has 1 saturated carbocycles. The lowest BCUT2D eigenvalue weighted by Crippen LogP contribution is -2.41. The van der Waals surface area contributed by atoms with E-state index < -0.39 is 11.8 Å². The van der Waals surface area contributed by atoms with Crippen molar-refractivity contribution in [1.29, 1.82) is 5.26 Å². The van der Waals surface area contributed by atoms with E-state index in [9.17, 15) is 23.6 Å². The molecule has 8 nitrogen and oxygen atoms in total. The van der Waals surface area contributed by atoms with E-state index >= 15 is 0 Å². The van der Waals surface area contributed by atoms with Gasteiger partial charge in [-0.05, 0) is 41.8 Å². The normalized spacial score (nSPS) is 16.0. The maximum absolute atomic E-state index is 13.3. The molecule has 0 atom stereocenters. The summed E-state index contributed by atoms with van der Waals surface area (Å²) in [5, 5.41) is 16.2. The number of nitriles is 1. The molecule has 2 heterocycles. The van der Waals surface area contributed by atoms with Crippen molar-refractivity contribution in [1.82, 2.24) is 9.78 Å². The van der Waals surface area contributed by atoms with Gasteiger partial charge in [0.2, 0.25) is 5.92 Å². The van der Waals surface area contributed by atoms with E-state index in [1.807, 2.05) is 19.9 Å². The Morgan fingerprint density at radius 2 is 1.86 bits per heavy atom. The van der Waals surface area contributed by atoms with E-state index in [1.165, 1.54) is 24.1 Å². The molecule has 0 bridgehead atoms. The summed E-state index contributed by atoms with van der Waals surface area (Å²) in [7, 11) is 1.45. The quantitative estimate of drug-likeness (QED) is 0.511. The van der Waals surface area contributed by atoms with Gasteiger partial charge in [0.15, 0.2) is 0 Å². The topological polar surface area (TPSA) is 100 Å². The zero-order valence-corrected chi connectivity index (χ0v) is 20.8. The molecule has 2 aromatic carbocycles. The van der Waals surface area contributed by atoms with Crippen molar-refractivity contribution in [3.8, 4) is 11.8 Å². The van der Waals surface area contributed by atoms with Gasteiger partial charge in [-0.2, -0.15) is 10.4 Å². The first kappa shape index (κ1) is 25.8. The second-order valence-electron chi connectivity index (χ2n) is 8.62. The van der Waals surface area contributed by atoms with Gasteiger partial charge in [0.25, 0.3) is 11.8 Å². The molecule has 3 aromatic rings. The van der Waals surface area contributed by atoms with Gasteiger partial charge in [-0.15, -0.1) is 0 Å². The molecule has 1 aliphatic carbocycles. The Labute approximate surface area is 213 Å². The number of hydrogen-bond donors (Lipinski definition) is 1. The first-order valence-electron chi connectivity index (χ1n) is 12.0. The molecule has 1 N–H and O–H groups in total. The van der Waals surface area contributed by atoms with Gasteiger partial charge in [0, 0.05) is 30.8 Å². The maximum Gasteiger partial charge on any atom is 0.277 e. The minimum Gasteiger partial charge on any atom is -0.495 e. The summed E-state index contributed by atoms with van der Waals surface area (Å²) in [5.74, 6) is -3.29. The highest BCUT2D eigenvalue weighted by Crippen LogP contribution is 2.48. The Balaban J connectivity index is 0.00000156. The van der Waals surface area contributed by atoms with Crippen LogP contribution in [0.3, 0.4) is 0 Å². The number of amides is 2. The van der Waals surface area contributed by atoms with Crippen molar-refractivity contribution in [2.45, 2.75) is 45.1 Å². The van der Waals surface area contributed by atoms with Gasteiger partial charge >= 0.3 is 0 Å². The third-order valence-corrected chi connectivity index (χ3v) is 6.41. The summed E-state index contributed by atoms with van der Waals surface area (Å²) in [6, 6.07) is 13.7. The molecule has 1 aliphatic heterocycles. The van der Waals surface area contributed by atoms with E-state index in [2.05, 4.69) is 10.4 Å². The first-order valence-corrected chi connectivity index (χ1v) is 12.0. The number of carbonyl (C=O) groups excluding carboxylic acids is 2. The number of fused-ring (bicyclic) bond motifs is 1. The Hall–Kier alpha value is -4.26. The molecule has 10 heteroatoms. The zero-order valence-electron chi connectivity index (χ0n) is 20.8. The first-order chi connectivity index (χ1) is 17.8. The molecule has 0 saturated heterocycles. The SMILES string of the molecule is CC.COc1ccc(NC(=O)c2cnn3c2C(=O)N(c2ccc(C4CC(F)(F)C4)cc2)CC3)cc1C#N. The average molecular weight is 508 g/mol. The highest BCUT2D eigenvalue weighted by molar-refractivity contribution is 6.15. The van der Waals surface area contributed by atoms with Crippen LogP contribution in [0.25, 0.3) is 0 Å². The lowest BCUT2D eigenvalue weighted by Gasteiger charge is -2.35. The van der Waals surface area contributed by atoms with Crippen molar-refractivity contribution in [2.75, 3.05) is 23.9 Å². The van der Waals surface area contributed by atoms with Crippen LogP contribution in [0.1, 0.15) is 64.6 Å². The molecule has 0 radical (unpaired) electrons. The van der Waals surface area contributed by atoms with Gasteiger partial charge in [-0.1, -0.05) is 26.0 Å². The fourth-order valence-electron chi connectivity index (χ4n) is 4.51. The van der Waals surface area contributed by atoms with Gasteiger partial charge in [-0.3, -0.25) is 14.3 Å². The van der Waals surface area contributed by atoms with Gasteiger partial charge in [-0.25, -0.2) is 8.78 Å². The van der Waals surface area contributed by atoms with Crippen LogP contribution in [0.5, 0.6) is 5.75 Å². The van der Waals surface area contributed by atoms with Gasteiger partial charge in [0.05, 0.1) is 31.0 Å². The number of carbonyl (C=O) groups is 2. The third kappa shape index (κ3) is 5.03. The van der Waals surface area contributed by atoms with Crippen LogP contribution >= 0.6 is 0 Å². The van der Waals surface area contributed by atoms with Crippen molar-refractivity contribution in [3.05, 3.63) is 71.0 Å². The standard InChI is InChI=1S/C25H21F2N5O3.C2H6/c1-35-21-7-4-18(10-16(21)13-28)30-23(33)20-14-29-32-9-8-31(24(34)22(20)32)19-5-2-15(3-6-19)17-11-25(26,27)12-17;1-2/h2-7,10,14,17H,8-9,11-12H2,1H3,(H,30,33);1-2H3. The number of hydrogen-bond acceptors (Lipinski definition) is 5. The minimum atomic E-state index is -2.59. The Bertz CT molecular complexity index is 1350. The highest BCUT2D eigenvalue weighted by atomic mass is 19.3. The van der Waals surface area contributed by atoms with Crippen LogP contribution in [0.4, 0.5) is 20.2 Å². The van der Waals surface area contributed by atoms with E-state index in [1.54, 1.807) is 41.3 Å². The predicted octanol–water partition coefficient (Wildman–Crippen LogP) is 5.21. The van der Waals surface area contributed by atoms with Crippen molar-refractivity contribution in [2.24, 2.45) is 0 Å². The number of benzene rings is 2. The fourth-order valence-corrected chi connectivity index (χ4v) is 4.51. The van der Waals surface area contributed by atoms with Gasteiger partial charge < -0.3 is 15.0 Å². The van der Waals surface area contributed by atoms with Crippen molar-refractivity contribution < 1.29 is 23.1 Å². The number of anilines is 2. The number of halogens is 2. The number of methoxy groups -OCH3 is 1. The number of alkyl halides is 2. The van der Waals surface area contributed by atoms with E-state index in [4.69, 9.17) is 4.74 Å². The molecule has 1 aromatic heterocycles. The monoisotopic (exact) mass is 507 g/mol. The number of nitrogens with zero attached hydrogens (tertiary/aromatic N) is 4. The van der Waals surface area contributed by atoms with Crippen LogP contribution < -0.4 is 15.0 Å². The molecule has 5 rings (SSSR count). The van der Waals surface area contributed by atoms with Crippen LogP contribution in [-0.2, 0) is 6.54 Å².